The number of carbonyl (C=O) groups is 2. The topological polar surface area (TPSA) is 108 Å². The van der Waals surface area contributed by atoms with Crippen LogP contribution < -0.4 is 5.32 Å². The third-order valence-electron chi connectivity index (χ3n) is 9.12. The lowest BCUT2D eigenvalue weighted by Gasteiger charge is -2.57. The van der Waals surface area contributed by atoms with Crippen molar-refractivity contribution in [3.8, 4) is 0 Å². The number of fused-ring (bicyclic) bond motifs is 5. The largest absolute Gasteiger partial charge is 0.480 e. The van der Waals surface area contributed by atoms with Crippen molar-refractivity contribution >= 4 is 30.2 Å². The Kier molecular flexibility index (Phi) is 6.65. The molecule has 0 aromatic rings. The summed E-state index contributed by atoms with van der Waals surface area (Å²) in [6.07, 6.45) is 10.5. The van der Waals surface area contributed by atoms with Gasteiger partial charge in [0.05, 0.1) is 11.8 Å². The van der Waals surface area contributed by atoms with E-state index in [-0.39, 0.29) is 29.3 Å². The second-order valence-electron chi connectivity index (χ2n) is 10.6. The van der Waals surface area contributed by atoms with Gasteiger partial charge in [0.1, 0.15) is 6.04 Å². The molecule has 3 saturated carbocycles. The summed E-state index contributed by atoms with van der Waals surface area (Å²) in [5.74, 6) is 0.365. The molecular formula is C24H36N2O5S. The minimum atomic E-state index is -1.12. The van der Waals surface area contributed by atoms with E-state index in [4.69, 9.17) is 9.94 Å². The molecule has 7 atom stereocenters. The van der Waals surface area contributed by atoms with Crippen molar-refractivity contribution in [2.45, 2.75) is 77.4 Å². The zero-order valence-corrected chi connectivity index (χ0v) is 19.9. The Morgan fingerprint density at radius 1 is 1.22 bits per heavy atom. The molecule has 3 N–H and O–H groups in total. The number of aliphatic hydroxyl groups excluding tert-OH is 1. The molecule has 0 unspecified atom stereocenters. The summed E-state index contributed by atoms with van der Waals surface area (Å²) >= 11 is 3.93. The Morgan fingerprint density at radius 2 is 2.00 bits per heavy atom. The van der Waals surface area contributed by atoms with Crippen LogP contribution in [-0.2, 0) is 14.4 Å². The van der Waals surface area contributed by atoms with E-state index < -0.39 is 17.9 Å². The molecule has 3 fully saturated rings. The molecule has 32 heavy (non-hydrogen) atoms. The van der Waals surface area contributed by atoms with Crippen LogP contribution >= 0.6 is 12.6 Å². The predicted octanol–water partition coefficient (Wildman–Crippen LogP) is 3.18. The molecule has 0 aromatic heterocycles. The highest BCUT2D eigenvalue weighted by Crippen LogP contribution is 2.65. The van der Waals surface area contributed by atoms with E-state index in [1.165, 1.54) is 18.4 Å². The molecule has 4 aliphatic carbocycles. The van der Waals surface area contributed by atoms with Gasteiger partial charge in [-0.3, -0.25) is 4.79 Å². The fourth-order valence-corrected chi connectivity index (χ4v) is 7.46. The number of rotatable bonds is 6. The van der Waals surface area contributed by atoms with Gasteiger partial charge in [0.15, 0.2) is 6.61 Å². The van der Waals surface area contributed by atoms with Crippen LogP contribution in [0.15, 0.2) is 16.8 Å². The highest BCUT2D eigenvalue weighted by Gasteiger charge is 2.58. The predicted molar refractivity (Wildman–Crippen MR) is 125 cm³/mol. The number of carbonyl (C=O) groups excluding carboxylic acids is 1. The number of amides is 1. The van der Waals surface area contributed by atoms with Crippen molar-refractivity contribution in [2.75, 3.05) is 12.4 Å². The highest BCUT2D eigenvalue weighted by atomic mass is 32.1. The second kappa shape index (κ2) is 9.01. The van der Waals surface area contributed by atoms with Crippen LogP contribution in [0, 0.1) is 28.6 Å². The Balaban J connectivity index is 1.39. The average Bonchev–Trinajstić information content (AvgIpc) is 3.06. The highest BCUT2D eigenvalue weighted by molar-refractivity contribution is 7.80. The molecular weight excluding hydrogens is 428 g/mol. The first-order valence-electron chi connectivity index (χ1n) is 11.9. The molecule has 0 radical (unpaired) electrons. The lowest BCUT2D eigenvalue weighted by molar-refractivity contribution is -0.141. The number of hydrogen-bond donors (Lipinski definition) is 4. The lowest BCUT2D eigenvalue weighted by atomic mass is 9.47. The molecule has 0 aromatic carbocycles. The number of aliphatic hydroxyl groups is 1. The Hall–Kier alpha value is -1.54. The van der Waals surface area contributed by atoms with E-state index in [2.05, 4.69) is 43.0 Å². The number of nitrogens with zero attached hydrogens (tertiary/aromatic N) is 1. The zero-order valence-electron chi connectivity index (χ0n) is 19.0. The third kappa shape index (κ3) is 4.09. The summed E-state index contributed by atoms with van der Waals surface area (Å²) < 4.78 is 0. The smallest absolute Gasteiger partial charge is 0.327 e. The van der Waals surface area contributed by atoms with E-state index in [0.717, 1.165) is 44.2 Å². The number of thiol groups is 1. The van der Waals surface area contributed by atoms with Crippen LogP contribution in [0.2, 0.25) is 0 Å². The maximum Gasteiger partial charge on any atom is 0.327 e. The first kappa shape index (κ1) is 23.6. The number of aliphatic carboxylic acids is 1. The van der Waals surface area contributed by atoms with Crippen molar-refractivity contribution in [3.05, 3.63) is 11.6 Å². The average molecular weight is 465 g/mol. The van der Waals surface area contributed by atoms with Gasteiger partial charge in [-0.05, 0) is 86.0 Å². The molecule has 7 nitrogen and oxygen atoms in total. The van der Waals surface area contributed by atoms with E-state index >= 15 is 0 Å². The first-order chi connectivity index (χ1) is 15.2. The Morgan fingerprint density at radius 3 is 2.72 bits per heavy atom. The molecule has 4 aliphatic rings. The molecule has 0 aliphatic heterocycles. The molecule has 8 heteroatoms. The quantitative estimate of drug-likeness (QED) is 0.357. The lowest BCUT2D eigenvalue weighted by Crippen LogP contribution is -2.51. The summed E-state index contributed by atoms with van der Waals surface area (Å²) in [4.78, 5) is 28.1. The molecule has 1 amide bonds. The minimum Gasteiger partial charge on any atom is -0.480 e. The number of allylic oxidation sites excluding steroid dienone is 2. The Bertz CT molecular complexity index is 829. The maximum atomic E-state index is 11.9. The van der Waals surface area contributed by atoms with Crippen molar-refractivity contribution < 1.29 is 24.6 Å². The second-order valence-corrected chi connectivity index (χ2v) is 11.0. The van der Waals surface area contributed by atoms with Gasteiger partial charge in [0.2, 0.25) is 0 Å². The number of nitrogens with one attached hydrogen (secondary N) is 1. The zero-order chi connectivity index (χ0) is 23.1. The number of carboxylic acid groups (broad SMARTS) is 1. The van der Waals surface area contributed by atoms with Crippen molar-refractivity contribution in [2.24, 2.45) is 33.7 Å². The van der Waals surface area contributed by atoms with Crippen LogP contribution in [0.5, 0.6) is 0 Å². The van der Waals surface area contributed by atoms with Crippen LogP contribution in [-0.4, -0.2) is 52.3 Å². The fraction of sp³-hybridized carbons (Fsp3) is 0.792. The third-order valence-corrected chi connectivity index (χ3v) is 9.49. The van der Waals surface area contributed by atoms with Crippen molar-refractivity contribution in [1.29, 1.82) is 0 Å². The van der Waals surface area contributed by atoms with Gasteiger partial charge in [-0.25, -0.2) is 4.79 Å². The summed E-state index contributed by atoms with van der Waals surface area (Å²) in [5.41, 5.74) is 2.57. The molecule has 0 heterocycles. The van der Waals surface area contributed by atoms with Gasteiger partial charge in [-0.2, -0.15) is 12.6 Å². The van der Waals surface area contributed by atoms with Crippen molar-refractivity contribution in [3.63, 3.8) is 0 Å². The van der Waals surface area contributed by atoms with Crippen LogP contribution in [0.25, 0.3) is 0 Å². The van der Waals surface area contributed by atoms with E-state index in [1.54, 1.807) is 0 Å². The minimum absolute atomic E-state index is 0.0153. The molecule has 4 rings (SSSR count). The summed E-state index contributed by atoms with van der Waals surface area (Å²) in [6, 6.07) is -1.03. The summed E-state index contributed by atoms with van der Waals surface area (Å²) in [6.45, 7) is 4.42. The standard InChI is InChI=1S/C24H36N2O5S/c1-23-9-7-15(26-31-12-21(28)25-19(13-32)22(29)30)11-14(23)3-4-16-17-5-6-20(27)24(17,2)10-8-18(16)23/h11,16-20,27,32H,3-10,12-13H2,1-2H3,(H,25,28)(H,29,30)/b26-15-/t16-,17-,18-,19+,20-,23-,24-/m0/s1. The van der Waals surface area contributed by atoms with E-state index in [0.29, 0.717) is 17.8 Å². The molecule has 178 valence electrons. The molecule has 0 bridgehead atoms. The fourth-order valence-electron chi connectivity index (χ4n) is 7.21. The van der Waals surface area contributed by atoms with Crippen LogP contribution in [0.1, 0.15) is 65.2 Å². The van der Waals surface area contributed by atoms with E-state index in [1.807, 2.05) is 0 Å². The van der Waals surface area contributed by atoms with Gasteiger partial charge < -0.3 is 20.4 Å². The number of oxime groups is 1. The van der Waals surface area contributed by atoms with E-state index in [9.17, 15) is 14.7 Å². The molecule has 0 saturated heterocycles. The van der Waals surface area contributed by atoms with Crippen LogP contribution in [0.4, 0.5) is 0 Å². The van der Waals surface area contributed by atoms with Gasteiger partial charge in [-0.15, -0.1) is 0 Å². The van der Waals surface area contributed by atoms with Crippen molar-refractivity contribution in [1.82, 2.24) is 5.32 Å². The maximum absolute atomic E-state index is 11.9. The number of hydrogen-bond acceptors (Lipinski definition) is 6. The molecule has 0 spiro atoms. The summed E-state index contributed by atoms with van der Waals surface area (Å²) in [7, 11) is 0. The van der Waals surface area contributed by atoms with Gasteiger partial charge in [-0.1, -0.05) is 24.6 Å². The van der Waals surface area contributed by atoms with Crippen LogP contribution in [0.3, 0.4) is 0 Å². The SMILES string of the molecule is C[C@]12CC[C@H]3[C@@H](CCC4=C/C(=N\OCC(=O)N[C@H](CS)C(=O)O)CC[C@@]43C)[C@@H]1CC[C@@H]2O. The monoisotopic (exact) mass is 464 g/mol. The van der Waals surface area contributed by atoms with Gasteiger partial charge in [0.25, 0.3) is 5.91 Å². The first-order valence-corrected chi connectivity index (χ1v) is 12.5. The van der Waals surface area contributed by atoms with Gasteiger partial charge in [0, 0.05) is 5.75 Å². The number of carboxylic acids is 1. The Labute approximate surface area is 195 Å². The normalized spacial score (nSPS) is 40.5. The summed E-state index contributed by atoms with van der Waals surface area (Å²) in [5, 5.41) is 26.2. The van der Waals surface area contributed by atoms with Gasteiger partial charge >= 0.3 is 5.97 Å².